The first-order chi connectivity index (χ1) is 21.5. The summed E-state index contributed by atoms with van der Waals surface area (Å²) in [4.78, 5) is 27.2. The van der Waals surface area contributed by atoms with E-state index in [-0.39, 0.29) is 46.1 Å². The second kappa shape index (κ2) is 11.5. The molecule has 1 saturated carbocycles. The molecule has 6 rings (SSSR count). The lowest BCUT2D eigenvalue weighted by molar-refractivity contribution is -0.0282. The summed E-state index contributed by atoms with van der Waals surface area (Å²) in [5.41, 5.74) is 3.07. The molecule has 1 saturated heterocycles. The topological polar surface area (TPSA) is 64.6 Å². The molecule has 1 aliphatic carbocycles. The van der Waals surface area contributed by atoms with Gasteiger partial charge in [0.15, 0.2) is 0 Å². The van der Waals surface area contributed by atoms with E-state index in [0.717, 1.165) is 64.8 Å². The van der Waals surface area contributed by atoms with Crippen LogP contribution in [0.25, 0.3) is 32.7 Å². The summed E-state index contributed by atoms with van der Waals surface area (Å²) < 4.78 is 12.3. The molecule has 0 spiro atoms. The van der Waals surface area contributed by atoms with Crippen LogP contribution < -0.4 is 5.32 Å². The standard InChI is InChI=1S/C41H49NO4/c1-38(2)21-31(22-39(3,4)25-38)46-37(44)34-14-10-12-27-11-9-13-33(35(27)34)28-17-15-26-16-18-29(20-30(26)19-28)36(43)45-32-23-40(5,6)42-41(7,8)24-32/h9-20,31-32,42H,21-25H2,1-8H3. The summed E-state index contributed by atoms with van der Waals surface area (Å²) in [6.07, 6.45) is 4.10. The second-order valence-corrected chi connectivity index (χ2v) is 16.8. The second-order valence-electron chi connectivity index (χ2n) is 16.8. The summed E-state index contributed by atoms with van der Waals surface area (Å²) in [6, 6.07) is 24.0. The number of hydrogen-bond donors (Lipinski definition) is 1. The Morgan fingerprint density at radius 1 is 0.630 bits per heavy atom. The Balaban J connectivity index is 1.30. The molecule has 1 heterocycles. The van der Waals surface area contributed by atoms with Crippen molar-refractivity contribution in [2.75, 3.05) is 0 Å². The van der Waals surface area contributed by atoms with Crippen molar-refractivity contribution < 1.29 is 19.1 Å². The van der Waals surface area contributed by atoms with Crippen molar-refractivity contribution in [2.45, 2.75) is 111 Å². The molecule has 0 amide bonds. The highest BCUT2D eigenvalue weighted by Crippen LogP contribution is 2.47. The van der Waals surface area contributed by atoms with E-state index in [4.69, 9.17) is 9.47 Å². The van der Waals surface area contributed by atoms with Crippen LogP contribution in [0.2, 0.25) is 0 Å². The Morgan fingerprint density at radius 3 is 1.89 bits per heavy atom. The van der Waals surface area contributed by atoms with Crippen molar-refractivity contribution in [3.63, 3.8) is 0 Å². The Morgan fingerprint density at radius 2 is 1.22 bits per heavy atom. The largest absolute Gasteiger partial charge is 0.459 e. The van der Waals surface area contributed by atoms with E-state index in [1.807, 2.05) is 48.5 Å². The number of carbonyl (C=O) groups is 2. The third kappa shape index (κ3) is 7.00. The number of esters is 2. The molecule has 5 nitrogen and oxygen atoms in total. The zero-order valence-corrected chi connectivity index (χ0v) is 28.8. The number of piperidine rings is 1. The minimum Gasteiger partial charge on any atom is -0.459 e. The van der Waals surface area contributed by atoms with Gasteiger partial charge in [-0.15, -0.1) is 0 Å². The van der Waals surface area contributed by atoms with Gasteiger partial charge in [-0.3, -0.25) is 0 Å². The first kappa shape index (κ1) is 32.2. The van der Waals surface area contributed by atoms with E-state index in [0.29, 0.717) is 11.1 Å². The van der Waals surface area contributed by atoms with Crippen LogP contribution in [-0.4, -0.2) is 35.2 Å². The lowest BCUT2D eigenvalue weighted by Crippen LogP contribution is -2.59. The van der Waals surface area contributed by atoms with Crippen LogP contribution in [0.3, 0.4) is 0 Å². The molecule has 0 unspecified atom stereocenters. The highest BCUT2D eigenvalue weighted by atomic mass is 16.5. The number of carbonyl (C=O) groups excluding carboxylic acids is 2. The van der Waals surface area contributed by atoms with Crippen molar-refractivity contribution in [3.8, 4) is 11.1 Å². The smallest absolute Gasteiger partial charge is 0.339 e. The average Bonchev–Trinajstić information content (AvgIpc) is 2.92. The molecule has 5 heteroatoms. The van der Waals surface area contributed by atoms with Gasteiger partial charge >= 0.3 is 11.9 Å². The quantitative estimate of drug-likeness (QED) is 0.225. The summed E-state index contributed by atoms with van der Waals surface area (Å²) in [6.45, 7) is 17.7. The van der Waals surface area contributed by atoms with Crippen LogP contribution in [0.1, 0.15) is 108 Å². The van der Waals surface area contributed by atoms with Gasteiger partial charge in [0.05, 0.1) is 11.1 Å². The van der Waals surface area contributed by atoms with E-state index in [9.17, 15) is 9.59 Å². The van der Waals surface area contributed by atoms with E-state index < -0.39 is 0 Å². The van der Waals surface area contributed by atoms with E-state index in [2.05, 4.69) is 85.0 Å². The Kier molecular flexibility index (Phi) is 8.08. The third-order valence-corrected chi connectivity index (χ3v) is 9.73. The minimum absolute atomic E-state index is 0.113. The molecule has 1 aliphatic heterocycles. The lowest BCUT2D eigenvalue weighted by Gasteiger charge is -2.45. The number of nitrogens with one attached hydrogen (secondary N) is 1. The normalized spacial score (nSPS) is 20.8. The lowest BCUT2D eigenvalue weighted by atomic mass is 9.64. The molecule has 4 aromatic rings. The van der Waals surface area contributed by atoms with Gasteiger partial charge in [-0.2, -0.15) is 0 Å². The van der Waals surface area contributed by atoms with Crippen LogP contribution in [-0.2, 0) is 9.47 Å². The first-order valence-corrected chi connectivity index (χ1v) is 16.8. The Hall–Kier alpha value is -3.70. The third-order valence-electron chi connectivity index (χ3n) is 9.73. The van der Waals surface area contributed by atoms with Crippen LogP contribution in [0.5, 0.6) is 0 Å². The Labute approximate surface area is 274 Å². The van der Waals surface area contributed by atoms with Crippen LogP contribution >= 0.6 is 0 Å². The molecule has 4 aromatic carbocycles. The molecule has 0 radical (unpaired) electrons. The predicted octanol–water partition coefficient (Wildman–Crippen LogP) is 9.89. The number of rotatable bonds is 5. The summed E-state index contributed by atoms with van der Waals surface area (Å²) in [7, 11) is 0. The van der Waals surface area contributed by atoms with E-state index in [1.54, 1.807) is 0 Å². The zero-order valence-electron chi connectivity index (χ0n) is 28.8. The maximum Gasteiger partial charge on any atom is 0.339 e. The van der Waals surface area contributed by atoms with Crippen molar-refractivity contribution in [3.05, 3.63) is 83.9 Å². The van der Waals surface area contributed by atoms with Crippen LogP contribution in [0.4, 0.5) is 0 Å². The fourth-order valence-corrected chi connectivity index (χ4v) is 8.87. The number of fused-ring (bicyclic) bond motifs is 2. The molecule has 0 aromatic heterocycles. The average molecular weight is 620 g/mol. The molecule has 46 heavy (non-hydrogen) atoms. The number of benzene rings is 4. The molecular formula is C41H49NO4. The SMILES string of the molecule is CC1(C)CC(OC(=O)c2cccc3cccc(-c4ccc5ccc(C(=O)OC6CC(C)(C)NC(C)(C)C6)cc5c4)c23)CC(C)(C)C1. The van der Waals surface area contributed by atoms with Gasteiger partial charge < -0.3 is 14.8 Å². The van der Waals surface area contributed by atoms with E-state index in [1.165, 1.54) is 0 Å². The Bertz CT molecular complexity index is 1780. The summed E-state index contributed by atoms with van der Waals surface area (Å²) in [5.74, 6) is -0.568. The van der Waals surface area contributed by atoms with Crippen molar-refractivity contribution in [1.82, 2.24) is 5.32 Å². The summed E-state index contributed by atoms with van der Waals surface area (Å²) in [5, 5.41) is 7.50. The van der Waals surface area contributed by atoms with Crippen molar-refractivity contribution >= 4 is 33.5 Å². The zero-order chi connectivity index (χ0) is 33.1. The van der Waals surface area contributed by atoms with Crippen LogP contribution in [0, 0.1) is 10.8 Å². The molecule has 0 bridgehead atoms. The van der Waals surface area contributed by atoms with Crippen molar-refractivity contribution in [2.24, 2.45) is 10.8 Å². The maximum atomic E-state index is 13.8. The van der Waals surface area contributed by atoms with Gasteiger partial charge in [0.2, 0.25) is 0 Å². The number of ether oxygens (including phenoxy) is 2. The molecular weight excluding hydrogens is 570 g/mol. The van der Waals surface area contributed by atoms with Gasteiger partial charge in [0, 0.05) is 29.3 Å². The molecule has 2 aliphatic rings. The fourth-order valence-electron chi connectivity index (χ4n) is 8.87. The minimum atomic E-state index is -0.296. The fraction of sp³-hybridized carbons (Fsp3) is 0.463. The predicted molar refractivity (Wildman–Crippen MR) is 187 cm³/mol. The molecule has 2 fully saturated rings. The van der Waals surface area contributed by atoms with Gasteiger partial charge in [-0.05, 0) is 109 Å². The van der Waals surface area contributed by atoms with Crippen LogP contribution in [0.15, 0.2) is 72.8 Å². The number of hydrogen-bond acceptors (Lipinski definition) is 5. The summed E-state index contributed by atoms with van der Waals surface area (Å²) >= 11 is 0. The molecule has 1 N–H and O–H groups in total. The highest BCUT2D eigenvalue weighted by molar-refractivity contribution is 6.11. The first-order valence-electron chi connectivity index (χ1n) is 16.8. The highest BCUT2D eigenvalue weighted by Gasteiger charge is 2.41. The monoisotopic (exact) mass is 619 g/mol. The van der Waals surface area contributed by atoms with Gasteiger partial charge in [0.1, 0.15) is 12.2 Å². The van der Waals surface area contributed by atoms with Crippen molar-refractivity contribution in [1.29, 1.82) is 0 Å². The van der Waals surface area contributed by atoms with Gasteiger partial charge in [-0.25, -0.2) is 9.59 Å². The van der Waals surface area contributed by atoms with Gasteiger partial charge in [-0.1, -0.05) is 76.2 Å². The molecule has 0 atom stereocenters. The van der Waals surface area contributed by atoms with Gasteiger partial charge in [0.25, 0.3) is 0 Å². The van der Waals surface area contributed by atoms with E-state index >= 15 is 0 Å². The molecule has 242 valence electrons. The maximum absolute atomic E-state index is 13.8.